The van der Waals surface area contributed by atoms with Crippen molar-refractivity contribution in [1.82, 2.24) is 10.6 Å². The molecule has 2 rings (SSSR count). The molecular weight excluding hydrogens is 334 g/mol. The van der Waals surface area contributed by atoms with Gasteiger partial charge in [-0.1, -0.05) is 44.9 Å². The lowest BCUT2D eigenvalue weighted by atomic mass is 10.1. The molecule has 0 aliphatic heterocycles. The fourth-order valence-electron chi connectivity index (χ4n) is 2.89. The first-order chi connectivity index (χ1) is 12.5. The highest BCUT2D eigenvalue weighted by Gasteiger charge is 2.27. The Balaban J connectivity index is 1.80. The predicted octanol–water partition coefficient (Wildman–Crippen LogP) is 2.43. The summed E-state index contributed by atoms with van der Waals surface area (Å²) in [5, 5.41) is 8.12. The second-order valence-electron chi connectivity index (χ2n) is 6.84. The van der Waals surface area contributed by atoms with E-state index in [4.69, 9.17) is 4.74 Å². The van der Waals surface area contributed by atoms with E-state index in [9.17, 15) is 14.4 Å². The number of esters is 1. The van der Waals surface area contributed by atoms with E-state index in [0.29, 0.717) is 5.69 Å². The van der Waals surface area contributed by atoms with Gasteiger partial charge in [0.15, 0.2) is 6.61 Å². The number of benzene rings is 1. The number of hydrogen-bond donors (Lipinski definition) is 3. The van der Waals surface area contributed by atoms with Gasteiger partial charge in [0.05, 0.1) is 0 Å². The number of nitrogens with one attached hydrogen (secondary N) is 3. The fraction of sp³-hybridized carbons (Fsp3) is 0.526. The minimum Gasteiger partial charge on any atom is -0.454 e. The summed E-state index contributed by atoms with van der Waals surface area (Å²) in [6.45, 7) is 3.27. The van der Waals surface area contributed by atoms with Gasteiger partial charge in [-0.15, -0.1) is 0 Å². The SMILES string of the molecule is CC(C)[C@@H](NC(=O)Nc1ccccc1)C(=O)OCC(=O)NC1CCCC1. The molecule has 1 aliphatic carbocycles. The Morgan fingerprint density at radius 2 is 1.77 bits per heavy atom. The van der Waals surface area contributed by atoms with Gasteiger partial charge in [0.1, 0.15) is 6.04 Å². The van der Waals surface area contributed by atoms with E-state index < -0.39 is 18.0 Å². The Bertz CT molecular complexity index is 612. The van der Waals surface area contributed by atoms with Crippen LogP contribution in [0.4, 0.5) is 10.5 Å². The van der Waals surface area contributed by atoms with Crippen LogP contribution in [0.5, 0.6) is 0 Å². The summed E-state index contributed by atoms with van der Waals surface area (Å²) in [7, 11) is 0. The number of amides is 3. The predicted molar refractivity (Wildman–Crippen MR) is 98.6 cm³/mol. The minimum atomic E-state index is -0.835. The van der Waals surface area contributed by atoms with Crippen molar-refractivity contribution in [2.75, 3.05) is 11.9 Å². The Hall–Kier alpha value is -2.57. The zero-order valence-electron chi connectivity index (χ0n) is 15.3. The molecular formula is C19H27N3O4. The molecule has 0 spiro atoms. The highest BCUT2D eigenvalue weighted by molar-refractivity contribution is 5.93. The number of hydrogen-bond acceptors (Lipinski definition) is 4. The van der Waals surface area contributed by atoms with Crippen LogP contribution in [-0.4, -0.2) is 36.6 Å². The summed E-state index contributed by atoms with van der Waals surface area (Å²) in [5.74, 6) is -1.10. The summed E-state index contributed by atoms with van der Waals surface area (Å²) < 4.78 is 5.10. The second kappa shape index (κ2) is 9.79. The Morgan fingerprint density at radius 3 is 2.38 bits per heavy atom. The monoisotopic (exact) mass is 361 g/mol. The summed E-state index contributed by atoms with van der Waals surface area (Å²) in [6, 6.07) is 7.77. The van der Waals surface area contributed by atoms with E-state index in [-0.39, 0.29) is 24.5 Å². The summed E-state index contributed by atoms with van der Waals surface area (Å²) in [5.41, 5.74) is 0.622. The van der Waals surface area contributed by atoms with Crippen molar-refractivity contribution in [3.8, 4) is 0 Å². The molecule has 7 heteroatoms. The Labute approximate surface area is 153 Å². The summed E-state index contributed by atoms with van der Waals surface area (Å²) in [6.07, 6.45) is 4.16. The van der Waals surface area contributed by atoms with E-state index in [0.717, 1.165) is 25.7 Å². The third-order valence-corrected chi connectivity index (χ3v) is 4.30. The number of carbonyl (C=O) groups is 3. The molecule has 1 aliphatic rings. The highest BCUT2D eigenvalue weighted by Crippen LogP contribution is 2.17. The number of para-hydroxylation sites is 1. The van der Waals surface area contributed by atoms with Crippen molar-refractivity contribution in [3.05, 3.63) is 30.3 Å². The molecule has 0 saturated heterocycles. The van der Waals surface area contributed by atoms with Crippen LogP contribution >= 0.6 is 0 Å². The molecule has 0 bridgehead atoms. The van der Waals surface area contributed by atoms with E-state index >= 15 is 0 Å². The maximum Gasteiger partial charge on any atom is 0.329 e. The van der Waals surface area contributed by atoms with E-state index in [1.54, 1.807) is 38.1 Å². The van der Waals surface area contributed by atoms with Crippen LogP contribution in [0.1, 0.15) is 39.5 Å². The van der Waals surface area contributed by atoms with Gasteiger partial charge >= 0.3 is 12.0 Å². The lowest BCUT2D eigenvalue weighted by Gasteiger charge is -2.21. The van der Waals surface area contributed by atoms with Crippen molar-refractivity contribution in [1.29, 1.82) is 0 Å². The topological polar surface area (TPSA) is 96.5 Å². The van der Waals surface area contributed by atoms with E-state index in [1.807, 2.05) is 6.07 Å². The zero-order valence-corrected chi connectivity index (χ0v) is 15.3. The molecule has 7 nitrogen and oxygen atoms in total. The van der Waals surface area contributed by atoms with Crippen LogP contribution in [0.15, 0.2) is 30.3 Å². The van der Waals surface area contributed by atoms with E-state index in [1.165, 1.54) is 0 Å². The van der Waals surface area contributed by atoms with Crippen LogP contribution in [0.25, 0.3) is 0 Å². The third kappa shape index (κ3) is 6.38. The van der Waals surface area contributed by atoms with Crippen molar-refractivity contribution >= 4 is 23.6 Å². The van der Waals surface area contributed by atoms with Gasteiger partial charge in [0.25, 0.3) is 5.91 Å². The van der Waals surface area contributed by atoms with Gasteiger partial charge in [-0.3, -0.25) is 4.79 Å². The lowest BCUT2D eigenvalue weighted by molar-refractivity contribution is -0.151. The first kappa shape index (κ1) is 19.8. The molecule has 1 aromatic rings. The lowest BCUT2D eigenvalue weighted by Crippen LogP contribution is -2.48. The van der Waals surface area contributed by atoms with Crippen LogP contribution in [0.3, 0.4) is 0 Å². The molecule has 26 heavy (non-hydrogen) atoms. The number of ether oxygens (including phenoxy) is 1. The third-order valence-electron chi connectivity index (χ3n) is 4.30. The van der Waals surface area contributed by atoms with Crippen molar-refractivity contribution in [3.63, 3.8) is 0 Å². The van der Waals surface area contributed by atoms with Crippen molar-refractivity contribution < 1.29 is 19.1 Å². The number of carbonyl (C=O) groups excluding carboxylic acids is 3. The largest absolute Gasteiger partial charge is 0.454 e. The molecule has 0 radical (unpaired) electrons. The highest BCUT2D eigenvalue weighted by atomic mass is 16.5. The standard InChI is InChI=1S/C19H27N3O4/c1-13(2)17(22-19(25)21-15-8-4-3-5-9-15)18(24)26-12-16(23)20-14-10-6-7-11-14/h3-5,8-9,13-14,17H,6-7,10-12H2,1-2H3,(H,20,23)(H2,21,22,25)/t17-/m1/s1. The number of urea groups is 1. The molecule has 3 amide bonds. The smallest absolute Gasteiger partial charge is 0.329 e. The maximum atomic E-state index is 12.3. The molecule has 142 valence electrons. The van der Waals surface area contributed by atoms with Gasteiger partial charge in [-0.05, 0) is 30.9 Å². The molecule has 0 heterocycles. The quantitative estimate of drug-likeness (QED) is 0.650. The van der Waals surface area contributed by atoms with Crippen molar-refractivity contribution in [2.45, 2.75) is 51.6 Å². The average molecular weight is 361 g/mol. The Morgan fingerprint density at radius 1 is 1.12 bits per heavy atom. The molecule has 1 saturated carbocycles. The molecule has 1 fully saturated rings. The number of rotatable bonds is 7. The van der Waals surface area contributed by atoms with Gasteiger partial charge in [-0.2, -0.15) is 0 Å². The van der Waals surface area contributed by atoms with Crippen LogP contribution in [0, 0.1) is 5.92 Å². The van der Waals surface area contributed by atoms with Gasteiger partial charge in [0, 0.05) is 11.7 Å². The second-order valence-corrected chi connectivity index (χ2v) is 6.84. The van der Waals surface area contributed by atoms with Gasteiger partial charge in [-0.25, -0.2) is 9.59 Å². The maximum absolute atomic E-state index is 12.3. The normalized spacial score (nSPS) is 15.3. The zero-order chi connectivity index (χ0) is 18.9. The first-order valence-corrected chi connectivity index (χ1v) is 9.04. The first-order valence-electron chi connectivity index (χ1n) is 9.04. The van der Waals surface area contributed by atoms with Crippen molar-refractivity contribution in [2.24, 2.45) is 5.92 Å². The average Bonchev–Trinajstić information content (AvgIpc) is 3.11. The molecule has 1 aromatic carbocycles. The molecule has 0 aromatic heterocycles. The summed E-state index contributed by atoms with van der Waals surface area (Å²) >= 11 is 0. The van der Waals surface area contributed by atoms with E-state index in [2.05, 4.69) is 16.0 Å². The van der Waals surface area contributed by atoms with Gasteiger partial charge < -0.3 is 20.7 Å². The molecule has 3 N–H and O–H groups in total. The molecule has 1 atom stereocenters. The van der Waals surface area contributed by atoms with Crippen LogP contribution in [0.2, 0.25) is 0 Å². The fourth-order valence-corrected chi connectivity index (χ4v) is 2.89. The minimum absolute atomic E-state index is 0.178. The van der Waals surface area contributed by atoms with Crippen LogP contribution < -0.4 is 16.0 Å². The number of anilines is 1. The molecule has 0 unspecified atom stereocenters. The van der Waals surface area contributed by atoms with Gasteiger partial charge in [0.2, 0.25) is 0 Å². The summed E-state index contributed by atoms with van der Waals surface area (Å²) in [4.78, 5) is 36.2. The van der Waals surface area contributed by atoms with Crippen LogP contribution in [-0.2, 0) is 14.3 Å². The Kier molecular flexibility index (Phi) is 7.44.